The first-order chi connectivity index (χ1) is 17.6. The van der Waals surface area contributed by atoms with Gasteiger partial charge < -0.3 is 14.8 Å². The van der Waals surface area contributed by atoms with Crippen LogP contribution in [0.5, 0.6) is 0 Å². The lowest BCUT2D eigenvalue weighted by atomic mass is 9.98. The summed E-state index contributed by atoms with van der Waals surface area (Å²) in [6.07, 6.45) is 3.22. The molecule has 8 nitrogen and oxygen atoms in total. The Balaban J connectivity index is 1.61. The van der Waals surface area contributed by atoms with Crippen LogP contribution in [0.15, 0.2) is 51.8 Å². The zero-order valence-electron chi connectivity index (χ0n) is 20.4. The molecule has 1 atom stereocenters. The van der Waals surface area contributed by atoms with Gasteiger partial charge >= 0.3 is 5.97 Å². The molecule has 1 aromatic carbocycles. The quantitative estimate of drug-likeness (QED) is 0.302. The minimum atomic E-state index is -1.21. The number of nitriles is 1. The van der Waals surface area contributed by atoms with Crippen molar-refractivity contribution in [1.29, 1.82) is 5.26 Å². The third-order valence-electron chi connectivity index (χ3n) is 6.77. The molecule has 1 unspecified atom stereocenters. The molecule has 3 aromatic heterocycles. The third-order valence-corrected chi connectivity index (χ3v) is 6.98. The predicted molar refractivity (Wildman–Crippen MR) is 140 cm³/mol. The molecule has 3 heterocycles. The van der Waals surface area contributed by atoms with E-state index in [2.05, 4.69) is 21.4 Å². The van der Waals surface area contributed by atoms with Gasteiger partial charge in [0.15, 0.2) is 11.1 Å². The second kappa shape index (κ2) is 9.02. The van der Waals surface area contributed by atoms with E-state index in [4.69, 9.17) is 16.0 Å². The van der Waals surface area contributed by atoms with Crippen LogP contribution in [0, 0.1) is 25.2 Å². The van der Waals surface area contributed by atoms with Crippen LogP contribution in [0.1, 0.15) is 58.7 Å². The lowest BCUT2D eigenvalue weighted by molar-refractivity contribution is 0.0691. The number of pyridine rings is 2. The van der Waals surface area contributed by atoms with Gasteiger partial charge in [-0.05, 0) is 69.5 Å². The molecular weight excluding hydrogens is 492 g/mol. The standard InChI is InChI=1S/C28H23ClN4O4/c1-14-10-18(16(3)32-20-5-7-22(29)33-23(20)27(35)36)26-19(11-14)24(34)15(2)25(37-26)17-4-6-21(31-12-17)28(13-30)8-9-28/h4-7,10-12,16,32H,8-9H2,1-3H3,(H,35,36). The van der Waals surface area contributed by atoms with Crippen molar-refractivity contribution in [3.63, 3.8) is 0 Å². The molecule has 0 aliphatic heterocycles. The third kappa shape index (κ3) is 4.32. The first-order valence-corrected chi connectivity index (χ1v) is 12.1. The molecule has 0 radical (unpaired) electrons. The fourth-order valence-corrected chi connectivity index (χ4v) is 4.70. The summed E-state index contributed by atoms with van der Waals surface area (Å²) in [5.74, 6) is -0.814. The molecular formula is C28H23ClN4O4. The molecule has 9 heteroatoms. The Labute approximate surface area is 217 Å². The van der Waals surface area contributed by atoms with Crippen molar-refractivity contribution in [3.8, 4) is 17.4 Å². The minimum Gasteiger partial charge on any atom is -0.476 e. The summed E-state index contributed by atoms with van der Waals surface area (Å²) in [5, 5.41) is 22.7. The fraction of sp³-hybridized carbons (Fsp3) is 0.250. The van der Waals surface area contributed by atoms with E-state index in [1.165, 1.54) is 6.07 Å². The number of halogens is 1. The minimum absolute atomic E-state index is 0.0738. The number of aromatic carboxylic acids is 1. The molecule has 1 aliphatic carbocycles. The summed E-state index contributed by atoms with van der Waals surface area (Å²) < 4.78 is 6.37. The second-order valence-electron chi connectivity index (χ2n) is 9.44. The number of carboxylic acid groups (broad SMARTS) is 1. The van der Waals surface area contributed by atoms with Crippen LogP contribution in [-0.2, 0) is 5.41 Å². The van der Waals surface area contributed by atoms with Crippen LogP contribution < -0.4 is 10.7 Å². The van der Waals surface area contributed by atoms with E-state index in [1.807, 2.05) is 32.0 Å². The highest BCUT2D eigenvalue weighted by molar-refractivity contribution is 6.29. The van der Waals surface area contributed by atoms with E-state index in [0.717, 1.165) is 24.1 Å². The number of anilines is 1. The Morgan fingerprint density at radius 3 is 2.62 bits per heavy atom. The highest BCUT2D eigenvalue weighted by atomic mass is 35.5. The Kier molecular flexibility index (Phi) is 5.97. The molecule has 1 fully saturated rings. The van der Waals surface area contributed by atoms with Crippen LogP contribution in [0.25, 0.3) is 22.3 Å². The molecule has 0 bridgehead atoms. The van der Waals surface area contributed by atoms with Crippen molar-refractivity contribution in [1.82, 2.24) is 9.97 Å². The molecule has 0 amide bonds. The van der Waals surface area contributed by atoms with Gasteiger partial charge in [-0.1, -0.05) is 17.7 Å². The Bertz CT molecular complexity index is 1670. The van der Waals surface area contributed by atoms with Gasteiger partial charge in [-0.2, -0.15) is 5.26 Å². The van der Waals surface area contributed by atoms with Gasteiger partial charge in [0.1, 0.15) is 16.5 Å². The summed E-state index contributed by atoms with van der Waals surface area (Å²) in [5.41, 5.74) is 3.18. The Hall–Kier alpha value is -4.22. The average Bonchev–Trinajstić information content (AvgIpc) is 3.68. The first-order valence-electron chi connectivity index (χ1n) is 11.8. The fourth-order valence-electron chi connectivity index (χ4n) is 4.55. The molecule has 0 saturated heterocycles. The lowest BCUT2D eigenvalue weighted by Gasteiger charge is -2.19. The maximum atomic E-state index is 13.4. The van der Waals surface area contributed by atoms with Gasteiger partial charge in [0.25, 0.3) is 0 Å². The average molecular weight is 515 g/mol. The van der Waals surface area contributed by atoms with Crippen molar-refractivity contribution < 1.29 is 14.3 Å². The smallest absolute Gasteiger partial charge is 0.356 e. The molecule has 0 spiro atoms. The number of carbonyl (C=O) groups is 1. The summed E-state index contributed by atoms with van der Waals surface area (Å²) >= 11 is 5.89. The molecule has 2 N–H and O–H groups in total. The highest BCUT2D eigenvalue weighted by Crippen LogP contribution is 2.46. The summed E-state index contributed by atoms with van der Waals surface area (Å²) in [6, 6.07) is 12.3. The number of aromatic nitrogens is 2. The van der Waals surface area contributed by atoms with Gasteiger partial charge in [-0.15, -0.1) is 0 Å². The summed E-state index contributed by atoms with van der Waals surface area (Å²) in [7, 11) is 0. The maximum Gasteiger partial charge on any atom is 0.356 e. The monoisotopic (exact) mass is 514 g/mol. The molecule has 186 valence electrons. The van der Waals surface area contributed by atoms with Crippen molar-refractivity contribution in [2.45, 2.75) is 45.1 Å². The molecule has 1 saturated carbocycles. The summed E-state index contributed by atoms with van der Waals surface area (Å²) in [6.45, 7) is 5.45. The number of nitrogens with zero attached hydrogens (tertiary/aromatic N) is 3. The molecule has 4 aromatic rings. The van der Waals surface area contributed by atoms with Gasteiger partial charge in [0.05, 0.1) is 34.3 Å². The van der Waals surface area contributed by atoms with Gasteiger partial charge in [0, 0.05) is 22.9 Å². The van der Waals surface area contributed by atoms with Crippen LogP contribution >= 0.6 is 11.6 Å². The van der Waals surface area contributed by atoms with Crippen LogP contribution in [0.3, 0.4) is 0 Å². The van der Waals surface area contributed by atoms with E-state index < -0.39 is 17.4 Å². The zero-order valence-corrected chi connectivity index (χ0v) is 21.2. The van der Waals surface area contributed by atoms with Gasteiger partial charge in [-0.3, -0.25) is 9.78 Å². The van der Waals surface area contributed by atoms with Crippen molar-refractivity contribution >= 4 is 34.2 Å². The number of rotatable bonds is 6. The normalized spacial score (nSPS) is 14.7. The van der Waals surface area contributed by atoms with Crippen molar-refractivity contribution in [3.05, 3.63) is 86.0 Å². The van der Waals surface area contributed by atoms with Crippen LogP contribution in [-0.4, -0.2) is 21.0 Å². The molecule has 5 rings (SSSR count). The second-order valence-corrected chi connectivity index (χ2v) is 9.83. The van der Waals surface area contributed by atoms with E-state index in [1.54, 1.807) is 25.3 Å². The van der Waals surface area contributed by atoms with Crippen molar-refractivity contribution in [2.75, 3.05) is 5.32 Å². The van der Waals surface area contributed by atoms with E-state index >= 15 is 0 Å². The summed E-state index contributed by atoms with van der Waals surface area (Å²) in [4.78, 5) is 33.5. The Morgan fingerprint density at radius 1 is 1.24 bits per heavy atom. The highest BCUT2D eigenvalue weighted by Gasteiger charge is 2.46. The number of carboxylic acids is 1. The number of benzene rings is 1. The van der Waals surface area contributed by atoms with Crippen molar-refractivity contribution in [2.24, 2.45) is 0 Å². The number of nitrogens with one attached hydrogen (secondary N) is 1. The van der Waals surface area contributed by atoms with E-state index in [0.29, 0.717) is 39.1 Å². The van der Waals surface area contributed by atoms with E-state index in [9.17, 15) is 20.0 Å². The van der Waals surface area contributed by atoms with Gasteiger partial charge in [0.2, 0.25) is 0 Å². The zero-order chi connectivity index (χ0) is 26.5. The van der Waals surface area contributed by atoms with Gasteiger partial charge in [-0.25, -0.2) is 9.78 Å². The Morgan fingerprint density at radius 2 is 2.00 bits per heavy atom. The number of aryl methyl sites for hydroxylation is 1. The lowest BCUT2D eigenvalue weighted by Crippen LogP contribution is -2.14. The molecule has 1 aliphatic rings. The van der Waals surface area contributed by atoms with Crippen LogP contribution in [0.4, 0.5) is 5.69 Å². The molecule has 37 heavy (non-hydrogen) atoms. The maximum absolute atomic E-state index is 13.4. The van der Waals surface area contributed by atoms with E-state index in [-0.39, 0.29) is 16.3 Å². The predicted octanol–water partition coefficient (Wildman–Crippen LogP) is 5.95. The topological polar surface area (TPSA) is 129 Å². The number of fused-ring (bicyclic) bond motifs is 1. The first kappa shape index (κ1) is 24.5. The number of hydrogen-bond acceptors (Lipinski definition) is 7. The van der Waals surface area contributed by atoms with Crippen LogP contribution in [0.2, 0.25) is 5.15 Å². The SMILES string of the molecule is Cc1cc(C(C)Nc2ccc(Cl)nc2C(=O)O)c2oc(-c3ccc(C4(C#N)CC4)nc3)c(C)c(=O)c2c1. The number of hydrogen-bond donors (Lipinski definition) is 2. The largest absolute Gasteiger partial charge is 0.476 e.